The highest BCUT2D eigenvalue weighted by molar-refractivity contribution is 6.12. The minimum Gasteiger partial charge on any atom is -0.309 e. The average Bonchev–Trinajstić information content (AvgIpc) is 3.76. The maximum atomic E-state index is 2.41. The average molecular weight is 693 g/mol. The Morgan fingerprint density at radius 2 is 0.796 bits per heavy atom. The van der Waals surface area contributed by atoms with Gasteiger partial charge in [-0.25, -0.2) is 0 Å². The summed E-state index contributed by atoms with van der Waals surface area (Å²) in [5, 5.41) is 5.03. The van der Waals surface area contributed by atoms with Gasteiger partial charge in [0.05, 0.1) is 22.1 Å². The second-order valence-electron chi connectivity index (χ2n) is 14.4. The number of aromatic nitrogens is 2. The van der Waals surface area contributed by atoms with Gasteiger partial charge in [0.25, 0.3) is 0 Å². The van der Waals surface area contributed by atoms with Gasteiger partial charge in [-0.15, -0.1) is 0 Å². The molecule has 10 aromatic rings. The molecule has 2 heterocycles. The first-order valence-electron chi connectivity index (χ1n) is 19.2. The lowest BCUT2D eigenvalue weighted by molar-refractivity contribution is 0.795. The first kappa shape index (κ1) is 32.0. The maximum absolute atomic E-state index is 2.41. The molecule has 0 spiro atoms. The zero-order valence-electron chi connectivity index (χ0n) is 30.4. The van der Waals surface area contributed by atoms with Gasteiger partial charge in [-0.3, -0.25) is 0 Å². The van der Waals surface area contributed by atoms with Crippen molar-refractivity contribution in [3.05, 3.63) is 194 Å². The van der Waals surface area contributed by atoms with E-state index < -0.39 is 0 Å². The molecule has 0 radical (unpaired) electrons. The molecule has 0 aliphatic rings. The van der Waals surface area contributed by atoms with Gasteiger partial charge in [0.1, 0.15) is 0 Å². The van der Waals surface area contributed by atoms with Gasteiger partial charge in [-0.05, 0) is 112 Å². The number of nitrogens with zero attached hydrogens (tertiary/aromatic N) is 2. The Kier molecular flexibility index (Phi) is 7.95. The van der Waals surface area contributed by atoms with Gasteiger partial charge < -0.3 is 9.13 Å². The van der Waals surface area contributed by atoms with Crippen LogP contribution in [0.15, 0.2) is 188 Å². The molecule has 0 fully saturated rings. The first-order chi connectivity index (χ1) is 26.7. The fourth-order valence-electron chi connectivity index (χ4n) is 8.36. The molecule has 0 amide bonds. The number of fused-ring (bicyclic) bond motifs is 6. The molecule has 8 aromatic carbocycles. The largest absolute Gasteiger partial charge is 0.309 e. The summed E-state index contributed by atoms with van der Waals surface area (Å²) in [5.41, 5.74) is 16.0. The molecule has 2 heteroatoms. The van der Waals surface area contributed by atoms with E-state index in [0.29, 0.717) is 0 Å². The summed E-state index contributed by atoms with van der Waals surface area (Å²) in [6.07, 6.45) is 3.61. The predicted octanol–water partition coefficient (Wildman–Crippen LogP) is 14.2. The van der Waals surface area contributed by atoms with E-state index in [0.717, 1.165) is 12.1 Å². The smallest absolute Gasteiger partial charge is 0.0541 e. The SMILES string of the molecule is CCCCc1ccc(-c2ccc(-n3c4ccccc4c4cc(-c5ccc6c(c5)c5ccccc5n6-c5cccc(-c6ccccc6)c5)ccc43)cc2)cc1. The minimum atomic E-state index is 1.15. The van der Waals surface area contributed by atoms with Gasteiger partial charge in [-0.1, -0.05) is 141 Å². The van der Waals surface area contributed by atoms with Gasteiger partial charge >= 0.3 is 0 Å². The van der Waals surface area contributed by atoms with E-state index in [9.17, 15) is 0 Å². The molecule has 2 aromatic heterocycles. The van der Waals surface area contributed by atoms with Crippen LogP contribution in [0.2, 0.25) is 0 Å². The Labute approximate surface area is 316 Å². The number of rotatable bonds is 8. The highest BCUT2D eigenvalue weighted by atomic mass is 15.0. The van der Waals surface area contributed by atoms with Crippen LogP contribution in [-0.2, 0) is 6.42 Å². The summed E-state index contributed by atoms with van der Waals surface area (Å²) in [4.78, 5) is 0. The van der Waals surface area contributed by atoms with Crippen LogP contribution in [0.1, 0.15) is 25.3 Å². The van der Waals surface area contributed by atoms with E-state index in [4.69, 9.17) is 0 Å². The van der Waals surface area contributed by atoms with E-state index in [2.05, 4.69) is 204 Å². The van der Waals surface area contributed by atoms with E-state index in [1.165, 1.54) is 101 Å². The third kappa shape index (κ3) is 5.50. The second kappa shape index (κ2) is 13.4. The van der Waals surface area contributed by atoms with Gasteiger partial charge in [-0.2, -0.15) is 0 Å². The number of hydrogen-bond donors (Lipinski definition) is 0. The predicted molar refractivity (Wildman–Crippen MR) is 230 cm³/mol. The molecule has 10 rings (SSSR count). The van der Waals surface area contributed by atoms with E-state index >= 15 is 0 Å². The van der Waals surface area contributed by atoms with Crippen LogP contribution >= 0.6 is 0 Å². The Balaban J connectivity index is 1.05. The van der Waals surface area contributed by atoms with Crippen molar-refractivity contribution >= 4 is 43.6 Å². The molecule has 0 atom stereocenters. The summed E-state index contributed by atoms with van der Waals surface area (Å²) in [7, 11) is 0. The monoisotopic (exact) mass is 692 g/mol. The molecule has 2 nitrogen and oxygen atoms in total. The molecule has 258 valence electrons. The fraction of sp³-hybridized carbons (Fsp3) is 0.0769. The second-order valence-corrected chi connectivity index (χ2v) is 14.4. The lowest BCUT2D eigenvalue weighted by Crippen LogP contribution is -1.94. The van der Waals surface area contributed by atoms with Crippen molar-refractivity contribution in [2.24, 2.45) is 0 Å². The van der Waals surface area contributed by atoms with Gasteiger partial charge in [0.2, 0.25) is 0 Å². The van der Waals surface area contributed by atoms with Crippen LogP contribution in [0.4, 0.5) is 0 Å². The molecule has 0 unspecified atom stereocenters. The summed E-state index contributed by atoms with van der Waals surface area (Å²) in [6, 6.07) is 69.2. The summed E-state index contributed by atoms with van der Waals surface area (Å²) >= 11 is 0. The van der Waals surface area contributed by atoms with E-state index in [1.807, 2.05) is 0 Å². The Bertz CT molecular complexity index is 2940. The Hall–Kier alpha value is -6.64. The third-order valence-corrected chi connectivity index (χ3v) is 11.1. The summed E-state index contributed by atoms with van der Waals surface area (Å²) < 4.78 is 4.82. The molecular formula is C52H40N2. The van der Waals surface area contributed by atoms with Crippen molar-refractivity contribution < 1.29 is 0 Å². The fourth-order valence-corrected chi connectivity index (χ4v) is 8.36. The zero-order valence-corrected chi connectivity index (χ0v) is 30.4. The summed E-state index contributed by atoms with van der Waals surface area (Å²) in [6.45, 7) is 2.25. The lowest BCUT2D eigenvalue weighted by atomic mass is 10.0. The van der Waals surface area contributed by atoms with Crippen molar-refractivity contribution in [2.75, 3.05) is 0 Å². The van der Waals surface area contributed by atoms with Crippen LogP contribution in [0, 0.1) is 0 Å². The van der Waals surface area contributed by atoms with Crippen LogP contribution in [0.3, 0.4) is 0 Å². The number of benzene rings is 8. The van der Waals surface area contributed by atoms with Crippen molar-refractivity contribution in [2.45, 2.75) is 26.2 Å². The summed E-state index contributed by atoms with van der Waals surface area (Å²) in [5.74, 6) is 0. The van der Waals surface area contributed by atoms with Crippen molar-refractivity contribution in [3.8, 4) is 44.8 Å². The van der Waals surface area contributed by atoms with Gasteiger partial charge in [0.15, 0.2) is 0 Å². The van der Waals surface area contributed by atoms with Crippen molar-refractivity contribution in [1.82, 2.24) is 9.13 Å². The maximum Gasteiger partial charge on any atom is 0.0541 e. The minimum absolute atomic E-state index is 1.15. The molecule has 54 heavy (non-hydrogen) atoms. The molecule has 0 saturated heterocycles. The van der Waals surface area contributed by atoms with E-state index in [-0.39, 0.29) is 0 Å². The lowest BCUT2D eigenvalue weighted by Gasteiger charge is -2.11. The number of hydrogen-bond acceptors (Lipinski definition) is 0. The quantitative estimate of drug-likeness (QED) is 0.150. The van der Waals surface area contributed by atoms with Gasteiger partial charge in [0, 0.05) is 32.9 Å². The van der Waals surface area contributed by atoms with E-state index in [1.54, 1.807) is 0 Å². The number of para-hydroxylation sites is 2. The third-order valence-electron chi connectivity index (χ3n) is 11.1. The first-order valence-corrected chi connectivity index (χ1v) is 19.2. The molecule has 0 N–H and O–H groups in total. The number of aryl methyl sites for hydroxylation is 1. The highest BCUT2D eigenvalue weighted by Gasteiger charge is 2.16. The molecule has 0 bridgehead atoms. The zero-order chi connectivity index (χ0) is 36.0. The van der Waals surface area contributed by atoms with Crippen LogP contribution in [0.25, 0.3) is 88.4 Å². The van der Waals surface area contributed by atoms with Crippen LogP contribution in [-0.4, -0.2) is 9.13 Å². The highest BCUT2D eigenvalue weighted by Crippen LogP contribution is 2.39. The van der Waals surface area contributed by atoms with Crippen molar-refractivity contribution in [3.63, 3.8) is 0 Å². The standard InChI is InChI=1S/C52H40N2/c1-2-3-12-36-21-23-38(24-22-36)39-25-29-43(30-26-39)53-49-19-9-7-17-45(49)47-34-41(27-31-51(47)53)42-28-32-52-48(35-42)46-18-8-10-20-50(46)54(52)44-16-11-15-40(33-44)37-13-5-4-6-14-37/h4-11,13-35H,2-3,12H2,1H3. The van der Waals surface area contributed by atoms with Crippen LogP contribution in [0.5, 0.6) is 0 Å². The molecule has 0 aliphatic heterocycles. The molecule has 0 aliphatic carbocycles. The topological polar surface area (TPSA) is 9.86 Å². The normalized spacial score (nSPS) is 11.6. The van der Waals surface area contributed by atoms with Crippen molar-refractivity contribution in [1.29, 1.82) is 0 Å². The molecular weight excluding hydrogens is 653 g/mol. The number of unbranched alkanes of at least 4 members (excludes halogenated alkanes) is 1. The Morgan fingerprint density at radius 1 is 0.333 bits per heavy atom. The Morgan fingerprint density at radius 3 is 1.41 bits per heavy atom. The molecule has 0 saturated carbocycles. The van der Waals surface area contributed by atoms with Crippen LogP contribution < -0.4 is 0 Å².